The molecular formula is C14H20N2O2. The summed E-state index contributed by atoms with van der Waals surface area (Å²) < 4.78 is 0. The van der Waals surface area contributed by atoms with Gasteiger partial charge in [-0.15, -0.1) is 0 Å². The highest BCUT2D eigenvalue weighted by Crippen LogP contribution is 2.35. The number of hydrogen-bond acceptors (Lipinski definition) is 2. The highest BCUT2D eigenvalue weighted by atomic mass is 16.4. The molecule has 0 radical (unpaired) electrons. The quantitative estimate of drug-likeness (QED) is 0.846. The molecule has 1 aromatic carbocycles. The summed E-state index contributed by atoms with van der Waals surface area (Å²) in [6.45, 7) is 8.67. The number of carboxylic acid groups (broad SMARTS) is 1. The van der Waals surface area contributed by atoms with Crippen molar-refractivity contribution in [1.29, 1.82) is 0 Å². The van der Waals surface area contributed by atoms with Gasteiger partial charge in [0.1, 0.15) is 0 Å². The Hall–Kier alpha value is -1.55. The highest BCUT2D eigenvalue weighted by molar-refractivity contribution is 5.83. The number of likely N-dealkylation sites (N-methyl/N-ethyl adjacent to an activating group) is 1. The number of carbonyl (C=O) groups is 1. The van der Waals surface area contributed by atoms with Crippen molar-refractivity contribution in [1.82, 2.24) is 4.90 Å². The molecule has 18 heavy (non-hydrogen) atoms. The summed E-state index contributed by atoms with van der Waals surface area (Å²) in [7, 11) is 0. The minimum absolute atomic E-state index is 0.0179. The Balaban J connectivity index is 2.36. The molecule has 0 atom stereocenters. The first-order valence-corrected chi connectivity index (χ1v) is 6.33. The minimum Gasteiger partial charge on any atom is -0.465 e. The molecule has 98 valence electrons. The molecule has 1 aliphatic rings. The second-order valence-corrected chi connectivity index (χ2v) is 5.19. The summed E-state index contributed by atoms with van der Waals surface area (Å²) in [6.07, 6.45) is -0.0397. The summed E-state index contributed by atoms with van der Waals surface area (Å²) in [5.41, 5.74) is 3.22. The van der Waals surface area contributed by atoms with E-state index >= 15 is 0 Å². The molecule has 1 amide bonds. The maximum Gasteiger partial charge on any atom is 0.409 e. The van der Waals surface area contributed by atoms with Crippen LogP contribution in [-0.4, -0.2) is 29.2 Å². The van der Waals surface area contributed by atoms with Crippen molar-refractivity contribution in [2.24, 2.45) is 0 Å². The lowest BCUT2D eigenvalue weighted by Crippen LogP contribution is -2.46. The monoisotopic (exact) mass is 248 g/mol. The van der Waals surface area contributed by atoms with Gasteiger partial charge in [0.05, 0.1) is 0 Å². The van der Waals surface area contributed by atoms with Gasteiger partial charge >= 0.3 is 6.09 Å². The van der Waals surface area contributed by atoms with E-state index < -0.39 is 6.09 Å². The molecule has 0 spiro atoms. The van der Waals surface area contributed by atoms with Crippen LogP contribution >= 0.6 is 0 Å². The summed E-state index contributed by atoms with van der Waals surface area (Å²) >= 11 is 0. The van der Waals surface area contributed by atoms with Crippen LogP contribution in [0, 0.1) is 0 Å². The number of benzene rings is 1. The zero-order chi connectivity index (χ0) is 13.3. The Labute approximate surface area is 108 Å². The van der Waals surface area contributed by atoms with E-state index in [1.165, 1.54) is 11.1 Å². The fourth-order valence-corrected chi connectivity index (χ4v) is 2.86. The lowest BCUT2D eigenvalue weighted by molar-refractivity contribution is 0.115. The van der Waals surface area contributed by atoms with Crippen LogP contribution in [0.4, 0.5) is 10.5 Å². The standard InChI is InChI=1S/C14H20N2O2/c1-4-16-8-7-10-9-11(15-13(17)18)5-6-12(10)14(16,2)3/h5-6,9,15H,4,7-8H2,1-3H3,(H,17,18). The Morgan fingerprint density at radius 3 is 2.83 bits per heavy atom. The maximum absolute atomic E-state index is 10.6. The van der Waals surface area contributed by atoms with Gasteiger partial charge in [0.15, 0.2) is 0 Å². The molecule has 0 aromatic heterocycles. The molecule has 0 aliphatic carbocycles. The summed E-state index contributed by atoms with van der Waals surface area (Å²) in [6, 6.07) is 5.84. The van der Waals surface area contributed by atoms with Crippen molar-refractivity contribution in [2.75, 3.05) is 18.4 Å². The van der Waals surface area contributed by atoms with Gasteiger partial charge in [-0.2, -0.15) is 0 Å². The van der Waals surface area contributed by atoms with Crippen LogP contribution < -0.4 is 5.32 Å². The maximum atomic E-state index is 10.6. The van der Waals surface area contributed by atoms with E-state index in [1.807, 2.05) is 18.2 Å². The van der Waals surface area contributed by atoms with Gasteiger partial charge in [-0.1, -0.05) is 13.0 Å². The van der Waals surface area contributed by atoms with Crippen LogP contribution in [0.1, 0.15) is 31.9 Å². The normalized spacial score (nSPS) is 18.2. The number of fused-ring (bicyclic) bond motifs is 1. The van der Waals surface area contributed by atoms with E-state index in [-0.39, 0.29) is 5.54 Å². The van der Waals surface area contributed by atoms with Gasteiger partial charge in [0, 0.05) is 17.8 Å². The second-order valence-electron chi connectivity index (χ2n) is 5.19. The molecule has 0 bridgehead atoms. The Morgan fingerprint density at radius 1 is 1.50 bits per heavy atom. The highest BCUT2D eigenvalue weighted by Gasteiger charge is 2.33. The van der Waals surface area contributed by atoms with Crippen LogP contribution in [0.2, 0.25) is 0 Å². The van der Waals surface area contributed by atoms with Gasteiger partial charge in [-0.3, -0.25) is 10.2 Å². The molecule has 0 unspecified atom stereocenters. The molecule has 2 rings (SSSR count). The van der Waals surface area contributed by atoms with Gasteiger partial charge in [0.25, 0.3) is 0 Å². The van der Waals surface area contributed by atoms with E-state index in [0.717, 1.165) is 19.5 Å². The largest absolute Gasteiger partial charge is 0.465 e. The van der Waals surface area contributed by atoms with E-state index in [1.54, 1.807) is 0 Å². The number of hydrogen-bond donors (Lipinski definition) is 2. The Kier molecular flexibility index (Phi) is 3.30. The van der Waals surface area contributed by atoms with Crippen molar-refractivity contribution in [3.8, 4) is 0 Å². The first-order valence-electron chi connectivity index (χ1n) is 6.33. The first-order chi connectivity index (χ1) is 8.45. The fourth-order valence-electron chi connectivity index (χ4n) is 2.86. The van der Waals surface area contributed by atoms with E-state index in [9.17, 15) is 4.79 Å². The lowest BCUT2D eigenvalue weighted by atomic mass is 9.83. The fraction of sp³-hybridized carbons (Fsp3) is 0.500. The molecule has 2 N–H and O–H groups in total. The summed E-state index contributed by atoms with van der Waals surface area (Å²) in [4.78, 5) is 13.1. The smallest absolute Gasteiger partial charge is 0.409 e. The second kappa shape index (κ2) is 4.61. The number of nitrogens with one attached hydrogen (secondary N) is 1. The lowest BCUT2D eigenvalue weighted by Gasteiger charge is -2.43. The van der Waals surface area contributed by atoms with Crippen LogP contribution in [0.15, 0.2) is 18.2 Å². The van der Waals surface area contributed by atoms with Gasteiger partial charge in [-0.25, -0.2) is 4.79 Å². The number of amides is 1. The van der Waals surface area contributed by atoms with Gasteiger partial charge in [0.2, 0.25) is 0 Å². The van der Waals surface area contributed by atoms with E-state index in [4.69, 9.17) is 5.11 Å². The van der Waals surface area contributed by atoms with Crippen LogP contribution in [0.3, 0.4) is 0 Å². The SMILES string of the molecule is CCN1CCc2cc(NC(=O)O)ccc2C1(C)C. The van der Waals surface area contributed by atoms with Crippen molar-refractivity contribution < 1.29 is 9.90 Å². The zero-order valence-electron chi connectivity index (χ0n) is 11.2. The van der Waals surface area contributed by atoms with Crippen molar-refractivity contribution in [2.45, 2.75) is 32.7 Å². The third-order valence-corrected chi connectivity index (χ3v) is 3.84. The first kappa shape index (κ1) is 12.9. The van der Waals surface area contributed by atoms with Crippen LogP contribution in [0.25, 0.3) is 0 Å². The summed E-state index contributed by atoms with van der Waals surface area (Å²) in [5.74, 6) is 0. The van der Waals surface area contributed by atoms with Gasteiger partial charge < -0.3 is 5.11 Å². The molecule has 0 saturated heterocycles. The van der Waals surface area contributed by atoms with Crippen LogP contribution in [-0.2, 0) is 12.0 Å². The predicted molar refractivity (Wildman–Crippen MR) is 72.1 cm³/mol. The topological polar surface area (TPSA) is 52.6 Å². The van der Waals surface area contributed by atoms with Crippen molar-refractivity contribution in [3.05, 3.63) is 29.3 Å². The van der Waals surface area contributed by atoms with Crippen molar-refractivity contribution in [3.63, 3.8) is 0 Å². The average Bonchev–Trinajstić information content (AvgIpc) is 2.27. The molecule has 4 nitrogen and oxygen atoms in total. The number of anilines is 1. The summed E-state index contributed by atoms with van der Waals surface area (Å²) in [5, 5.41) is 11.1. The third-order valence-electron chi connectivity index (χ3n) is 3.84. The number of nitrogens with zero attached hydrogens (tertiary/aromatic N) is 1. The molecular weight excluding hydrogens is 228 g/mol. The van der Waals surface area contributed by atoms with Crippen LogP contribution in [0.5, 0.6) is 0 Å². The minimum atomic E-state index is -1.01. The molecule has 1 aromatic rings. The Bertz CT molecular complexity index is 469. The molecule has 1 aliphatic heterocycles. The van der Waals surface area contributed by atoms with Gasteiger partial charge in [-0.05, 0) is 50.1 Å². The van der Waals surface area contributed by atoms with Crippen molar-refractivity contribution >= 4 is 11.8 Å². The van der Waals surface area contributed by atoms with E-state index in [2.05, 4.69) is 31.0 Å². The average molecular weight is 248 g/mol. The molecule has 0 saturated carbocycles. The number of rotatable bonds is 2. The molecule has 0 fully saturated rings. The zero-order valence-corrected chi connectivity index (χ0v) is 11.2. The molecule has 1 heterocycles. The molecule has 4 heteroatoms. The Morgan fingerprint density at radius 2 is 2.22 bits per heavy atom. The third kappa shape index (κ3) is 2.20. The van der Waals surface area contributed by atoms with E-state index in [0.29, 0.717) is 5.69 Å². The predicted octanol–water partition coefficient (Wildman–Crippen LogP) is 2.89.